The third-order valence-electron chi connectivity index (χ3n) is 8.53. The van der Waals surface area contributed by atoms with Gasteiger partial charge in [-0.25, -0.2) is 0 Å². The topological polar surface area (TPSA) is 0 Å². The summed E-state index contributed by atoms with van der Waals surface area (Å²) >= 11 is 0. The van der Waals surface area contributed by atoms with Crippen molar-refractivity contribution in [2.45, 2.75) is 89.9 Å². The van der Waals surface area contributed by atoms with Gasteiger partial charge in [-0.15, -0.1) is 6.58 Å². The lowest BCUT2D eigenvalue weighted by molar-refractivity contribution is 0.0621. The highest BCUT2D eigenvalue weighted by Crippen LogP contribution is 2.50. The lowest BCUT2D eigenvalue weighted by Crippen LogP contribution is -2.34. The molecule has 0 aliphatic heterocycles. The van der Waals surface area contributed by atoms with Crippen LogP contribution in [0.1, 0.15) is 94.1 Å². The van der Waals surface area contributed by atoms with Gasteiger partial charge in [-0.3, -0.25) is 0 Å². The molecule has 0 spiro atoms. The molecule has 1 aromatic rings. The van der Waals surface area contributed by atoms with Crippen molar-refractivity contribution < 1.29 is 0 Å². The Morgan fingerprint density at radius 1 is 0.778 bits per heavy atom. The largest absolute Gasteiger partial charge is 0.103 e. The van der Waals surface area contributed by atoms with E-state index in [0.717, 1.165) is 35.5 Å². The molecule has 0 aromatic heterocycles. The summed E-state index contributed by atoms with van der Waals surface area (Å²) < 4.78 is 0. The van der Waals surface area contributed by atoms with Crippen LogP contribution in [0.5, 0.6) is 0 Å². The number of rotatable bonds is 5. The molecule has 148 valence electrons. The Balaban J connectivity index is 1.26. The first-order chi connectivity index (χ1) is 13.2. The van der Waals surface area contributed by atoms with Crippen molar-refractivity contribution in [1.29, 1.82) is 0 Å². The van der Waals surface area contributed by atoms with Crippen molar-refractivity contribution in [3.63, 3.8) is 0 Å². The quantitative estimate of drug-likeness (QED) is 0.463. The summed E-state index contributed by atoms with van der Waals surface area (Å²) in [6, 6.07) is 9.37. The second-order valence-corrected chi connectivity index (χ2v) is 10.2. The van der Waals surface area contributed by atoms with E-state index in [0.29, 0.717) is 0 Å². The minimum absolute atomic E-state index is 0.832. The van der Waals surface area contributed by atoms with E-state index < -0.39 is 0 Å². The first kappa shape index (κ1) is 19.3. The molecule has 0 N–H and O–H groups in total. The van der Waals surface area contributed by atoms with E-state index in [1.165, 1.54) is 76.2 Å². The molecule has 1 aromatic carbocycles. The highest BCUT2D eigenvalue weighted by Gasteiger charge is 2.38. The first-order valence-corrected chi connectivity index (χ1v) is 11.9. The van der Waals surface area contributed by atoms with Crippen molar-refractivity contribution >= 4 is 0 Å². The van der Waals surface area contributed by atoms with Gasteiger partial charge < -0.3 is 0 Å². The van der Waals surface area contributed by atoms with E-state index in [2.05, 4.69) is 43.8 Å². The standard InChI is InChI=1S/C27H40/c1-3-4-5-21-8-11-27-19-26(17-16-25(27)18-21)24-14-12-23(13-15-24)22-9-6-20(2)7-10-22/h3,6-7,9-10,21,23-27H,1,4-5,8,11-19H2,2H3. The summed E-state index contributed by atoms with van der Waals surface area (Å²) in [5.74, 6) is 6.05. The van der Waals surface area contributed by atoms with Gasteiger partial charge in [-0.05, 0) is 119 Å². The lowest BCUT2D eigenvalue weighted by Gasteiger charge is -2.45. The molecule has 0 heterocycles. The molecule has 0 radical (unpaired) electrons. The van der Waals surface area contributed by atoms with Crippen LogP contribution in [0.3, 0.4) is 0 Å². The fourth-order valence-electron chi connectivity index (χ4n) is 6.83. The molecule has 3 saturated carbocycles. The van der Waals surface area contributed by atoms with Gasteiger partial charge in [0.05, 0.1) is 0 Å². The number of fused-ring (bicyclic) bond motifs is 1. The van der Waals surface area contributed by atoms with Gasteiger partial charge in [-0.1, -0.05) is 42.3 Å². The molecule has 27 heavy (non-hydrogen) atoms. The fraction of sp³-hybridized carbons (Fsp3) is 0.704. The Labute approximate surface area is 167 Å². The van der Waals surface area contributed by atoms with Crippen molar-refractivity contribution in [1.82, 2.24) is 0 Å². The summed E-state index contributed by atoms with van der Waals surface area (Å²) in [7, 11) is 0. The van der Waals surface area contributed by atoms with Gasteiger partial charge in [0, 0.05) is 0 Å². The molecule has 0 nitrogen and oxygen atoms in total. The molecule has 0 amide bonds. The lowest BCUT2D eigenvalue weighted by atomic mass is 9.60. The predicted molar refractivity (Wildman–Crippen MR) is 117 cm³/mol. The highest BCUT2D eigenvalue weighted by molar-refractivity contribution is 5.24. The summed E-state index contributed by atoms with van der Waals surface area (Å²) in [5, 5.41) is 0. The van der Waals surface area contributed by atoms with Crippen LogP contribution in [0.25, 0.3) is 0 Å². The van der Waals surface area contributed by atoms with Gasteiger partial charge in [0.2, 0.25) is 0 Å². The van der Waals surface area contributed by atoms with E-state index in [4.69, 9.17) is 0 Å². The minimum atomic E-state index is 0.832. The SMILES string of the molecule is C=CCCC1CCC2CC(C3CCC(c4ccc(C)cc4)CC3)CCC2C1. The van der Waals surface area contributed by atoms with E-state index in [-0.39, 0.29) is 0 Å². The zero-order valence-corrected chi connectivity index (χ0v) is 17.5. The van der Waals surface area contributed by atoms with E-state index in [1.54, 1.807) is 12.0 Å². The Kier molecular flexibility index (Phi) is 6.41. The second-order valence-electron chi connectivity index (χ2n) is 10.2. The normalized spacial score (nSPS) is 36.8. The summed E-state index contributed by atoms with van der Waals surface area (Å²) in [4.78, 5) is 0. The van der Waals surface area contributed by atoms with Crippen LogP contribution in [0.15, 0.2) is 36.9 Å². The van der Waals surface area contributed by atoms with Gasteiger partial charge in [0.25, 0.3) is 0 Å². The van der Waals surface area contributed by atoms with Crippen molar-refractivity contribution in [3.05, 3.63) is 48.0 Å². The summed E-state index contributed by atoms with van der Waals surface area (Å²) in [5.41, 5.74) is 2.99. The maximum absolute atomic E-state index is 3.92. The summed E-state index contributed by atoms with van der Waals surface area (Å²) in [6.45, 7) is 6.11. The van der Waals surface area contributed by atoms with Crippen molar-refractivity contribution in [3.8, 4) is 0 Å². The molecule has 0 saturated heterocycles. The predicted octanol–water partition coefficient (Wildman–Crippen LogP) is 8.07. The molecule has 0 heteroatoms. The van der Waals surface area contributed by atoms with Crippen molar-refractivity contribution in [2.24, 2.45) is 29.6 Å². The molecule has 3 fully saturated rings. The molecule has 3 aliphatic carbocycles. The second kappa shape index (κ2) is 8.97. The van der Waals surface area contributed by atoms with Crippen LogP contribution in [-0.2, 0) is 0 Å². The van der Waals surface area contributed by atoms with Gasteiger partial charge in [0.15, 0.2) is 0 Å². The zero-order valence-electron chi connectivity index (χ0n) is 17.5. The third-order valence-corrected chi connectivity index (χ3v) is 8.53. The van der Waals surface area contributed by atoms with E-state index in [1.807, 2.05) is 0 Å². The molecular formula is C27H40. The molecule has 4 rings (SSSR count). The Hall–Kier alpha value is -1.04. The number of allylic oxidation sites excluding steroid dienone is 1. The number of aryl methyl sites for hydroxylation is 1. The van der Waals surface area contributed by atoms with E-state index in [9.17, 15) is 0 Å². The number of hydrogen-bond acceptors (Lipinski definition) is 0. The first-order valence-electron chi connectivity index (χ1n) is 11.9. The van der Waals surface area contributed by atoms with E-state index >= 15 is 0 Å². The van der Waals surface area contributed by atoms with Crippen LogP contribution in [0, 0.1) is 36.5 Å². The van der Waals surface area contributed by atoms with Crippen molar-refractivity contribution in [2.75, 3.05) is 0 Å². The highest BCUT2D eigenvalue weighted by atomic mass is 14.4. The van der Waals surface area contributed by atoms with Gasteiger partial charge in [0.1, 0.15) is 0 Å². The Bertz CT molecular complexity index is 589. The fourth-order valence-corrected chi connectivity index (χ4v) is 6.83. The summed E-state index contributed by atoms with van der Waals surface area (Å²) in [6.07, 6.45) is 19.8. The average molecular weight is 365 g/mol. The van der Waals surface area contributed by atoms with Crippen LogP contribution in [0.2, 0.25) is 0 Å². The number of hydrogen-bond donors (Lipinski definition) is 0. The maximum atomic E-state index is 3.92. The smallest absolute Gasteiger partial charge is 0.0162 e. The molecule has 4 unspecified atom stereocenters. The maximum Gasteiger partial charge on any atom is -0.0162 e. The Morgan fingerprint density at radius 3 is 2.07 bits per heavy atom. The van der Waals surface area contributed by atoms with Crippen LogP contribution >= 0.6 is 0 Å². The van der Waals surface area contributed by atoms with Crippen LogP contribution in [-0.4, -0.2) is 0 Å². The monoisotopic (exact) mass is 364 g/mol. The zero-order chi connectivity index (χ0) is 18.6. The molecular weight excluding hydrogens is 324 g/mol. The molecule has 3 aliphatic rings. The van der Waals surface area contributed by atoms with Gasteiger partial charge in [-0.2, -0.15) is 0 Å². The Morgan fingerprint density at radius 2 is 1.37 bits per heavy atom. The van der Waals surface area contributed by atoms with Crippen LogP contribution < -0.4 is 0 Å². The minimum Gasteiger partial charge on any atom is -0.103 e. The number of benzene rings is 1. The van der Waals surface area contributed by atoms with Crippen LogP contribution in [0.4, 0.5) is 0 Å². The molecule has 4 atom stereocenters. The molecule has 0 bridgehead atoms. The van der Waals surface area contributed by atoms with Gasteiger partial charge >= 0.3 is 0 Å². The average Bonchev–Trinajstić information content (AvgIpc) is 2.72. The third kappa shape index (κ3) is 4.69.